The van der Waals surface area contributed by atoms with Gasteiger partial charge in [-0.05, 0) is 29.5 Å². The predicted octanol–water partition coefficient (Wildman–Crippen LogP) is 2.99. The molecule has 1 atom stereocenters. The Morgan fingerprint density at radius 2 is 1.79 bits per heavy atom. The molecule has 2 aromatic carbocycles. The van der Waals surface area contributed by atoms with Crippen LogP contribution in [-0.2, 0) is 20.7 Å². The SMILES string of the molecule is CN(C)C(=O)C1(Cc2cccc(-c3ccccc3)c2)CN(C(=O)C2CC2)CCO1. The first-order valence-corrected chi connectivity index (χ1v) is 10.3. The zero-order valence-electron chi connectivity index (χ0n) is 17.1. The van der Waals surface area contributed by atoms with Gasteiger partial charge in [-0.15, -0.1) is 0 Å². The Balaban J connectivity index is 1.62. The van der Waals surface area contributed by atoms with E-state index in [0.29, 0.717) is 26.1 Å². The highest BCUT2D eigenvalue weighted by Crippen LogP contribution is 2.34. The standard InChI is InChI=1S/C24H28N2O3/c1-25(2)23(28)24(17-26(13-14-29-24)22(27)20-11-12-20)16-18-7-6-10-21(15-18)19-8-4-3-5-9-19/h3-10,15,20H,11-14,16-17H2,1-2H3. The maximum absolute atomic E-state index is 13.2. The summed E-state index contributed by atoms with van der Waals surface area (Å²) in [5.74, 6) is 0.222. The second kappa shape index (κ2) is 7.99. The van der Waals surface area contributed by atoms with Crippen LogP contribution in [0.15, 0.2) is 54.6 Å². The Kier molecular flexibility index (Phi) is 5.41. The predicted molar refractivity (Wildman–Crippen MR) is 112 cm³/mol. The lowest BCUT2D eigenvalue weighted by Crippen LogP contribution is -2.62. The summed E-state index contributed by atoms with van der Waals surface area (Å²) in [5, 5.41) is 0. The number of carbonyl (C=O) groups excluding carboxylic acids is 2. The van der Waals surface area contributed by atoms with Crippen molar-refractivity contribution >= 4 is 11.8 Å². The van der Waals surface area contributed by atoms with Gasteiger partial charge in [0.05, 0.1) is 13.2 Å². The molecule has 2 amide bonds. The second-order valence-corrected chi connectivity index (χ2v) is 8.32. The maximum Gasteiger partial charge on any atom is 0.256 e. The van der Waals surface area contributed by atoms with Crippen LogP contribution in [0.1, 0.15) is 18.4 Å². The number of likely N-dealkylation sites (N-methyl/N-ethyl adjacent to an activating group) is 1. The highest BCUT2D eigenvalue weighted by molar-refractivity contribution is 5.88. The summed E-state index contributed by atoms with van der Waals surface area (Å²) < 4.78 is 6.13. The van der Waals surface area contributed by atoms with Crippen molar-refractivity contribution in [3.63, 3.8) is 0 Å². The summed E-state index contributed by atoms with van der Waals surface area (Å²) in [5.41, 5.74) is 2.23. The molecule has 5 heteroatoms. The van der Waals surface area contributed by atoms with Crippen LogP contribution in [0.25, 0.3) is 11.1 Å². The largest absolute Gasteiger partial charge is 0.361 e. The van der Waals surface area contributed by atoms with E-state index in [0.717, 1.165) is 29.5 Å². The summed E-state index contributed by atoms with van der Waals surface area (Å²) in [6.45, 7) is 1.26. The minimum atomic E-state index is -1.04. The molecule has 1 saturated carbocycles. The number of nitrogens with zero attached hydrogens (tertiary/aromatic N) is 2. The minimum absolute atomic E-state index is 0.0871. The van der Waals surface area contributed by atoms with Crippen LogP contribution in [0.2, 0.25) is 0 Å². The lowest BCUT2D eigenvalue weighted by Gasteiger charge is -2.43. The number of rotatable bonds is 5. The Morgan fingerprint density at radius 1 is 1.07 bits per heavy atom. The third-order valence-corrected chi connectivity index (χ3v) is 5.74. The Morgan fingerprint density at radius 3 is 2.48 bits per heavy atom. The summed E-state index contributed by atoms with van der Waals surface area (Å²) in [7, 11) is 3.49. The normalized spacial score (nSPS) is 21.7. The van der Waals surface area contributed by atoms with E-state index >= 15 is 0 Å². The molecule has 1 saturated heterocycles. The van der Waals surface area contributed by atoms with Crippen LogP contribution in [0.3, 0.4) is 0 Å². The summed E-state index contributed by atoms with van der Waals surface area (Å²) >= 11 is 0. The van der Waals surface area contributed by atoms with Gasteiger partial charge in [-0.25, -0.2) is 0 Å². The molecular formula is C24H28N2O3. The van der Waals surface area contributed by atoms with E-state index in [1.54, 1.807) is 19.0 Å². The van der Waals surface area contributed by atoms with Gasteiger partial charge in [0.1, 0.15) is 0 Å². The third-order valence-electron chi connectivity index (χ3n) is 5.74. The minimum Gasteiger partial charge on any atom is -0.361 e. The van der Waals surface area contributed by atoms with Crippen molar-refractivity contribution in [3.8, 4) is 11.1 Å². The molecule has 2 aromatic rings. The fourth-order valence-corrected chi connectivity index (χ4v) is 4.10. The van der Waals surface area contributed by atoms with Crippen LogP contribution < -0.4 is 0 Å². The van der Waals surface area contributed by atoms with Gasteiger partial charge in [0.15, 0.2) is 5.60 Å². The van der Waals surface area contributed by atoms with Gasteiger partial charge in [-0.2, -0.15) is 0 Å². The van der Waals surface area contributed by atoms with Crippen molar-refractivity contribution in [1.82, 2.24) is 9.80 Å². The summed E-state index contributed by atoms with van der Waals surface area (Å²) in [6.07, 6.45) is 2.37. The van der Waals surface area contributed by atoms with Crippen LogP contribution in [-0.4, -0.2) is 61.0 Å². The fraction of sp³-hybridized carbons (Fsp3) is 0.417. The maximum atomic E-state index is 13.2. The molecule has 2 aliphatic rings. The third kappa shape index (κ3) is 4.20. The lowest BCUT2D eigenvalue weighted by atomic mass is 9.89. The first-order chi connectivity index (χ1) is 14.0. The molecule has 0 bridgehead atoms. The van der Waals surface area contributed by atoms with Crippen molar-refractivity contribution < 1.29 is 14.3 Å². The molecule has 0 N–H and O–H groups in total. The van der Waals surface area contributed by atoms with Crippen LogP contribution in [0, 0.1) is 5.92 Å². The number of hydrogen-bond donors (Lipinski definition) is 0. The first-order valence-electron chi connectivity index (χ1n) is 10.3. The summed E-state index contributed by atoms with van der Waals surface area (Å²) in [6, 6.07) is 18.4. The Hall–Kier alpha value is -2.66. The molecule has 1 unspecified atom stereocenters. The zero-order valence-corrected chi connectivity index (χ0v) is 17.1. The van der Waals surface area contributed by atoms with E-state index in [2.05, 4.69) is 24.3 Å². The highest BCUT2D eigenvalue weighted by Gasteiger charge is 2.47. The van der Waals surface area contributed by atoms with Crippen LogP contribution in [0.5, 0.6) is 0 Å². The molecule has 29 heavy (non-hydrogen) atoms. The van der Waals surface area contributed by atoms with Gasteiger partial charge in [0.2, 0.25) is 5.91 Å². The van der Waals surface area contributed by atoms with E-state index in [9.17, 15) is 9.59 Å². The van der Waals surface area contributed by atoms with Gasteiger partial charge in [-0.1, -0.05) is 54.6 Å². The van der Waals surface area contributed by atoms with Gasteiger partial charge in [0.25, 0.3) is 5.91 Å². The fourth-order valence-electron chi connectivity index (χ4n) is 4.10. The number of amides is 2. The molecule has 0 aromatic heterocycles. The Labute approximate surface area is 172 Å². The monoisotopic (exact) mass is 392 g/mol. The van der Waals surface area contributed by atoms with Gasteiger partial charge < -0.3 is 14.5 Å². The van der Waals surface area contributed by atoms with Crippen molar-refractivity contribution in [2.75, 3.05) is 33.8 Å². The number of hydrogen-bond acceptors (Lipinski definition) is 3. The molecule has 0 spiro atoms. The molecule has 1 heterocycles. The van der Waals surface area contributed by atoms with Crippen molar-refractivity contribution in [3.05, 3.63) is 60.2 Å². The number of carbonyl (C=O) groups is 2. The van der Waals surface area contributed by atoms with Crippen LogP contribution >= 0.6 is 0 Å². The molecule has 152 valence electrons. The molecule has 5 nitrogen and oxygen atoms in total. The van der Waals surface area contributed by atoms with E-state index in [4.69, 9.17) is 4.74 Å². The molecule has 2 fully saturated rings. The lowest BCUT2D eigenvalue weighted by molar-refractivity contribution is -0.173. The van der Waals surface area contributed by atoms with Gasteiger partial charge >= 0.3 is 0 Å². The number of benzene rings is 2. The smallest absolute Gasteiger partial charge is 0.256 e. The van der Waals surface area contributed by atoms with Crippen molar-refractivity contribution in [2.24, 2.45) is 5.92 Å². The number of morpholine rings is 1. The molecule has 0 radical (unpaired) electrons. The average molecular weight is 392 g/mol. The molecule has 4 rings (SSSR count). The van der Waals surface area contributed by atoms with Gasteiger partial charge in [-0.3, -0.25) is 9.59 Å². The molecule has 1 aliphatic heterocycles. The van der Waals surface area contributed by atoms with E-state index in [1.807, 2.05) is 35.2 Å². The Bertz CT molecular complexity index is 892. The van der Waals surface area contributed by atoms with E-state index in [1.165, 1.54) is 0 Å². The average Bonchev–Trinajstić information content (AvgIpc) is 3.59. The zero-order chi connectivity index (χ0) is 20.4. The first kappa shape index (κ1) is 19.6. The van der Waals surface area contributed by atoms with Crippen LogP contribution in [0.4, 0.5) is 0 Å². The summed E-state index contributed by atoms with van der Waals surface area (Å²) in [4.78, 5) is 29.3. The quantitative estimate of drug-likeness (QED) is 0.786. The molecule has 1 aliphatic carbocycles. The van der Waals surface area contributed by atoms with E-state index < -0.39 is 5.60 Å². The van der Waals surface area contributed by atoms with Crippen molar-refractivity contribution in [2.45, 2.75) is 24.9 Å². The molecular weight excluding hydrogens is 364 g/mol. The number of ether oxygens (including phenoxy) is 1. The highest BCUT2D eigenvalue weighted by atomic mass is 16.5. The topological polar surface area (TPSA) is 49.9 Å². The second-order valence-electron chi connectivity index (χ2n) is 8.32. The van der Waals surface area contributed by atoms with E-state index in [-0.39, 0.29) is 17.7 Å². The van der Waals surface area contributed by atoms with Crippen molar-refractivity contribution in [1.29, 1.82) is 0 Å². The van der Waals surface area contributed by atoms with Gasteiger partial charge in [0, 0.05) is 33.0 Å².